The van der Waals surface area contributed by atoms with E-state index in [0.29, 0.717) is 5.13 Å². The van der Waals surface area contributed by atoms with Gasteiger partial charge in [-0.05, 0) is 31.0 Å². The van der Waals surface area contributed by atoms with Crippen molar-refractivity contribution in [3.63, 3.8) is 0 Å². The Labute approximate surface area is 103 Å². The van der Waals surface area contributed by atoms with Crippen LogP contribution in [0.15, 0.2) is 18.2 Å². The highest BCUT2D eigenvalue weighted by atomic mass is 32.1. The van der Waals surface area contributed by atoms with Gasteiger partial charge < -0.3 is 10.1 Å². The number of rotatable bonds is 3. The van der Waals surface area contributed by atoms with Crippen molar-refractivity contribution in [2.75, 3.05) is 12.4 Å². The van der Waals surface area contributed by atoms with Crippen molar-refractivity contribution < 1.29 is 9.53 Å². The first-order chi connectivity index (χ1) is 8.26. The molecule has 17 heavy (non-hydrogen) atoms. The van der Waals surface area contributed by atoms with Crippen molar-refractivity contribution in [3.8, 4) is 5.75 Å². The summed E-state index contributed by atoms with van der Waals surface area (Å²) in [7, 11) is 1.64. The van der Waals surface area contributed by atoms with Crippen LogP contribution in [0.1, 0.15) is 12.8 Å². The Bertz CT molecular complexity index is 575. The minimum atomic E-state index is 0.0935. The van der Waals surface area contributed by atoms with Crippen molar-refractivity contribution in [2.45, 2.75) is 12.8 Å². The molecule has 1 aliphatic carbocycles. The van der Waals surface area contributed by atoms with Crippen LogP contribution >= 0.6 is 11.3 Å². The Balaban J connectivity index is 1.87. The van der Waals surface area contributed by atoms with E-state index in [-0.39, 0.29) is 11.8 Å². The molecule has 1 heterocycles. The molecule has 0 saturated heterocycles. The van der Waals surface area contributed by atoms with Crippen molar-refractivity contribution >= 4 is 32.6 Å². The Morgan fingerprint density at radius 1 is 1.53 bits per heavy atom. The molecule has 1 aromatic heterocycles. The minimum absolute atomic E-state index is 0.0935. The number of benzene rings is 1. The van der Waals surface area contributed by atoms with Crippen LogP contribution < -0.4 is 10.1 Å². The number of carbonyl (C=O) groups is 1. The monoisotopic (exact) mass is 248 g/mol. The molecular formula is C12H12N2O2S. The lowest BCUT2D eigenvalue weighted by Gasteiger charge is -1.96. The lowest BCUT2D eigenvalue weighted by Crippen LogP contribution is -2.12. The van der Waals surface area contributed by atoms with Gasteiger partial charge in [0.1, 0.15) is 5.75 Å². The van der Waals surface area contributed by atoms with Gasteiger partial charge in [-0.25, -0.2) is 4.98 Å². The first-order valence-electron chi connectivity index (χ1n) is 5.52. The summed E-state index contributed by atoms with van der Waals surface area (Å²) in [6, 6.07) is 5.70. The number of hydrogen-bond donors (Lipinski definition) is 1. The molecule has 88 valence electrons. The van der Waals surface area contributed by atoms with Gasteiger partial charge in [0, 0.05) is 5.92 Å². The smallest absolute Gasteiger partial charge is 0.229 e. The largest absolute Gasteiger partial charge is 0.497 e. The summed E-state index contributed by atoms with van der Waals surface area (Å²) in [4.78, 5) is 16.0. The van der Waals surface area contributed by atoms with Gasteiger partial charge >= 0.3 is 0 Å². The molecule has 1 amide bonds. The molecule has 1 saturated carbocycles. The zero-order chi connectivity index (χ0) is 11.8. The van der Waals surface area contributed by atoms with Gasteiger partial charge in [-0.15, -0.1) is 0 Å². The number of hydrogen-bond acceptors (Lipinski definition) is 4. The van der Waals surface area contributed by atoms with E-state index in [1.165, 1.54) is 11.3 Å². The summed E-state index contributed by atoms with van der Waals surface area (Å²) < 4.78 is 6.18. The fraction of sp³-hybridized carbons (Fsp3) is 0.333. The van der Waals surface area contributed by atoms with Crippen molar-refractivity contribution in [3.05, 3.63) is 18.2 Å². The Kier molecular flexibility index (Phi) is 2.48. The third-order valence-electron chi connectivity index (χ3n) is 2.77. The summed E-state index contributed by atoms with van der Waals surface area (Å²) >= 11 is 1.48. The average molecular weight is 248 g/mol. The number of nitrogens with one attached hydrogen (secondary N) is 1. The highest BCUT2D eigenvalue weighted by Crippen LogP contribution is 2.33. The second-order valence-corrected chi connectivity index (χ2v) is 5.15. The molecule has 2 aromatic rings. The van der Waals surface area contributed by atoms with Crippen LogP contribution in [0, 0.1) is 5.92 Å². The van der Waals surface area contributed by atoms with Gasteiger partial charge in [0.25, 0.3) is 0 Å². The number of nitrogens with zero attached hydrogens (tertiary/aromatic N) is 1. The second kappa shape index (κ2) is 4.00. The van der Waals surface area contributed by atoms with E-state index in [9.17, 15) is 4.79 Å². The predicted molar refractivity (Wildman–Crippen MR) is 67.5 cm³/mol. The van der Waals surface area contributed by atoms with Gasteiger partial charge in [0.2, 0.25) is 5.91 Å². The molecule has 1 N–H and O–H groups in total. The van der Waals surface area contributed by atoms with Gasteiger partial charge in [0.15, 0.2) is 5.13 Å². The van der Waals surface area contributed by atoms with Crippen LogP contribution in [-0.4, -0.2) is 18.0 Å². The van der Waals surface area contributed by atoms with Crippen molar-refractivity contribution in [2.24, 2.45) is 5.92 Å². The first-order valence-corrected chi connectivity index (χ1v) is 6.33. The SMILES string of the molecule is COc1ccc2nc(NC(=O)C3CC3)sc2c1. The normalized spacial score (nSPS) is 14.9. The zero-order valence-corrected chi connectivity index (χ0v) is 10.2. The maximum Gasteiger partial charge on any atom is 0.229 e. The molecule has 1 fully saturated rings. The third kappa shape index (κ3) is 2.10. The van der Waals surface area contributed by atoms with E-state index in [0.717, 1.165) is 28.8 Å². The van der Waals surface area contributed by atoms with E-state index in [2.05, 4.69) is 10.3 Å². The van der Waals surface area contributed by atoms with Crippen molar-refractivity contribution in [1.82, 2.24) is 4.98 Å². The van der Waals surface area contributed by atoms with E-state index in [1.807, 2.05) is 18.2 Å². The van der Waals surface area contributed by atoms with Gasteiger partial charge in [-0.3, -0.25) is 4.79 Å². The highest BCUT2D eigenvalue weighted by molar-refractivity contribution is 7.22. The number of thiazole rings is 1. The summed E-state index contributed by atoms with van der Waals surface area (Å²) in [5, 5.41) is 3.53. The molecule has 1 aromatic carbocycles. The summed E-state index contributed by atoms with van der Waals surface area (Å²) in [6.45, 7) is 0. The summed E-state index contributed by atoms with van der Waals surface area (Å²) in [5.41, 5.74) is 0.891. The van der Waals surface area contributed by atoms with Crippen LogP contribution in [0.5, 0.6) is 5.75 Å². The molecule has 0 atom stereocenters. The van der Waals surface area contributed by atoms with E-state index in [1.54, 1.807) is 7.11 Å². The number of fused-ring (bicyclic) bond motifs is 1. The topological polar surface area (TPSA) is 51.2 Å². The summed E-state index contributed by atoms with van der Waals surface area (Å²) in [6.07, 6.45) is 2.01. The molecule has 0 unspecified atom stereocenters. The van der Waals surface area contributed by atoms with Gasteiger partial charge in [-0.2, -0.15) is 0 Å². The lowest BCUT2D eigenvalue weighted by molar-refractivity contribution is -0.117. The summed E-state index contributed by atoms with van der Waals surface area (Å²) in [5.74, 6) is 1.11. The molecule has 0 spiro atoms. The van der Waals surface area contributed by atoms with E-state index < -0.39 is 0 Å². The van der Waals surface area contributed by atoms with Gasteiger partial charge in [0.05, 0.1) is 17.3 Å². The van der Waals surface area contributed by atoms with Crippen molar-refractivity contribution in [1.29, 1.82) is 0 Å². The average Bonchev–Trinajstić information content (AvgIpc) is 3.10. The quantitative estimate of drug-likeness (QED) is 0.908. The Hall–Kier alpha value is -1.62. The van der Waals surface area contributed by atoms with Crippen LogP contribution in [0.4, 0.5) is 5.13 Å². The standard InChI is InChI=1S/C12H12N2O2S/c1-16-8-4-5-9-10(6-8)17-12(13-9)14-11(15)7-2-3-7/h4-7H,2-3H2,1H3,(H,13,14,15). The van der Waals surface area contributed by atoms with Crippen LogP contribution in [0.3, 0.4) is 0 Å². The fourth-order valence-electron chi connectivity index (χ4n) is 1.64. The number of aromatic nitrogens is 1. The number of methoxy groups -OCH3 is 1. The number of amides is 1. The minimum Gasteiger partial charge on any atom is -0.497 e. The highest BCUT2D eigenvalue weighted by Gasteiger charge is 2.30. The third-order valence-corrected chi connectivity index (χ3v) is 3.71. The first kappa shape index (κ1) is 10.5. The molecule has 3 rings (SSSR count). The zero-order valence-electron chi connectivity index (χ0n) is 9.40. The molecule has 4 nitrogen and oxygen atoms in total. The van der Waals surface area contributed by atoms with E-state index in [4.69, 9.17) is 4.74 Å². The van der Waals surface area contributed by atoms with Gasteiger partial charge in [-0.1, -0.05) is 11.3 Å². The predicted octanol–water partition coefficient (Wildman–Crippen LogP) is 2.65. The van der Waals surface area contributed by atoms with Crippen LogP contribution in [-0.2, 0) is 4.79 Å². The van der Waals surface area contributed by atoms with Crippen LogP contribution in [0.2, 0.25) is 0 Å². The lowest BCUT2D eigenvalue weighted by atomic mass is 10.3. The van der Waals surface area contributed by atoms with E-state index >= 15 is 0 Å². The Morgan fingerprint density at radius 3 is 3.06 bits per heavy atom. The Morgan fingerprint density at radius 2 is 2.35 bits per heavy atom. The second-order valence-electron chi connectivity index (χ2n) is 4.12. The number of anilines is 1. The molecule has 0 bridgehead atoms. The molecule has 1 aliphatic rings. The maximum atomic E-state index is 11.6. The maximum absolute atomic E-state index is 11.6. The number of carbonyl (C=O) groups excluding carboxylic acids is 1. The molecule has 0 aliphatic heterocycles. The molecule has 0 radical (unpaired) electrons. The molecule has 5 heteroatoms. The molecular weight excluding hydrogens is 236 g/mol. The fourth-order valence-corrected chi connectivity index (χ4v) is 2.54. The number of ether oxygens (including phenoxy) is 1. The van der Waals surface area contributed by atoms with Crippen LogP contribution in [0.25, 0.3) is 10.2 Å².